The predicted octanol–water partition coefficient (Wildman–Crippen LogP) is 3.86. The van der Waals surface area contributed by atoms with Crippen LogP contribution in [-0.4, -0.2) is 38.3 Å². The van der Waals surface area contributed by atoms with Gasteiger partial charge in [-0.15, -0.1) is 0 Å². The Labute approximate surface area is 164 Å². The number of methoxy groups -OCH3 is 1. The number of thiocarbonyl (C=S) groups is 1. The molecule has 0 saturated heterocycles. The summed E-state index contributed by atoms with van der Waals surface area (Å²) in [5.41, 5.74) is 3.34. The van der Waals surface area contributed by atoms with E-state index in [1.807, 2.05) is 7.05 Å². The quantitative estimate of drug-likeness (QED) is 0.576. The van der Waals surface area contributed by atoms with Crippen molar-refractivity contribution in [3.63, 3.8) is 0 Å². The van der Waals surface area contributed by atoms with Crippen LogP contribution >= 0.6 is 23.8 Å². The van der Waals surface area contributed by atoms with Crippen LogP contribution in [0.5, 0.6) is 0 Å². The Morgan fingerprint density at radius 1 is 1.23 bits per heavy atom. The van der Waals surface area contributed by atoms with Gasteiger partial charge >= 0.3 is 5.97 Å². The third kappa shape index (κ3) is 5.61. The van der Waals surface area contributed by atoms with Crippen LogP contribution in [0.2, 0.25) is 5.02 Å². The minimum Gasteiger partial charge on any atom is -0.465 e. The zero-order chi connectivity index (χ0) is 19.1. The highest BCUT2D eigenvalue weighted by Crippen LogP contribution is 2.23. The maximum Gasteiger partial charge on any atom is 0.337 e. The summed E-state index contributed by atoms with van der Waals surface area (Å²) in [6.07, 6.45) is 0. The number of hydrogen-bond acceptors (Lipinski definition) is 4. The molecule has 0 amide bonds. The summed E-state index contributed by atoms with van der Waals surface area (Å²) in [6.45, 7) is 3.50. The summed E-state index contributed by atoms with van der Waals surface area (Å²) in [5, 5.41) is 7.06. The number of rotatable bonds is 6. The molecule has 0 unspecified atom stereocenters. The lowest BCUT2D eigenvalue weighted by Crippen LogP contribution is -2.35. The van der Waals surface area contributed by atoms with Gasteiger partial charge in [-0.25, -0.2) is 4.79 Å². The van der Waals surface area contributed by atoms with Crippen molar-refractivity contribution in [3.8, 4) is 0 Å². The Hall–Kier alpha value is -2.31. The molecule has 0 bridgehead atoms. The van der Waals surface area contributed by atoms with E-state index in [1.54, 1.807) is 18.2 Å². The summed E-state index contributed by atoms with van der Waals surface area (Å²) in [5.74, 6) is -0.427. The molecule has 2 aromatic rings. The van der Waals surface area contributed by atoms with Crippen molar-refractivity contribution in [3.05, 3.63) is 58.6 Å². The number of carbonyl (C=O) groups is 1. The molecule has 0 aliphatic rings. The molecule has 0 aromatic heterocycles. The zero-order valence-electron chi connectivity index (χ0n) is 15.0. The Morgan fingerprint density at radius 3 is 2.58 bits per heavy atom. The third-order valence-corrected chi connectivity index (χ3v) is 4.42. The van der Waals surface area contributed by atoms with Gasteiger partial charge in [0.25, 0.3) is 0 Å². The third-order valence-electron chi connectivity index (χ3n) is 3.84. The van der Waals surface area contributed by atoms with Crippen molar-refractivity contribution in [2.24, 2.45) is 0 Å². The first-order valence-electron chi connectivity index (χ1n) is 8.11. The number of nitrogens with one attached hydrogen (secondary N) is 2. The van der Waals surface area contributed by atoms with Gasteiger partial charge in [0.15, 0.2) is 5.11 Å². The maximum absolute atomic E-state index is 11.6. The van der Waals surface area contributed by atoms with Gasteiger partial charge in [-0.2, -0.15) is 0 Å². The van der Waals surface area contributed by atoms with Crippen LogP contribution in [0.15, 0.2) is 42.5 Å². The second kappa shape index (κ2) is 9.40. The van der Waals surface area contributed by atoms with E-state index in [1.165, 1.54) is 12.7 Å². The molecule has 5 nitrogen and oxygen atoms in total. The molecule has 2 N–H and O–H groups in total. The normalized spacial score (nSPS) is 10.2. The first-order chi connectivity index (χ1) is 12.4. The lowest BCUT2D eigenvalue weighted by atomic mass is 10.2. The van der Waals surface area contributed by atoms with Gasteiger partial charge in [-0.1, -0.05) is 29.3 Å². The molecule has 0 saturated carbocycles. The van der Waals surface area contributed by atoms with Crippen LogP contribution in [-0.2, 0) is 4.74 Å². The highest BCUT2D eigenvalue weighted by atomic mass is 35.5. The van der Waals surface area contributed by atoms with E-state index in [2.05, 4.69) is 46.7 Å². The van der Waals surface area contributed by atoms with Gasteiger partial charge in [0, 0.05) is 25.8 Å². The smallest absolute Gasteiger partial charge is 0.337 e. The summed E-state index contributed by atoms with van der Waals surface area (Å²) >= 11 is 11.5. The summed E-state index contributed by atoms with van der Waals surface area (Å²) in [7, 11) is 3.36. The fraction of sp³-hybridized carbons (Fsp3) is 0.263. The summed E-state index contributed by atoms with van der Waals surface area (Å²) in [4.78, 5) is 13.8. The molecule has 0 atom stereocenters. The summed E-state index contributed by atoms with van der Waals surface area (Å²) < 4.78 is 4.71. The van der Waals surface area contributed by atoms with Crippen molar-refractivity contribution in [1.82, 2.24) is 5.32 Å². The van der Waals surface area contributed by atoms with Gasteiger partial charge < -0.3 is 20.3 Å². The average molecular weight is 392 g/mol. The van der Waals surface area contributed by atoms with Crippen LogP contribution in [0.1, 0.15) is 15.9 Å². The Bertz CT molecular complexity index is 781. The number of nitrogens with zero attached hydrogens (tertiary/aromatic N) is 1. The van der Waals surface area contributed by atoms with Crippen LogP contribution in [0.25, 0.3) is 0 Å². The van der Waals surface area contributed by atoms with E-state index < -0.39 is 5.97 Å². The second-order valence-corrected chi connectivity index (χ2v) is 6.64. The number of halogens is 1. The zero-order valence-corrected chi connectivity index (χ0v) is 16.6. The van der Waals surface area contributed by atoms with Gasteiger partial charge in [0.2, 0.25) is 0 Å². The van der Waals surface area contributed by atoms with Crippen LogP contribution in [0.3, 0.4) is 0 Å². The molecule has 0 aliphatic heterocycles. The van der Waals surface area contributed by atoms with E-state index in [0.29, 0.717) is 27.9 Å². The van der Waals surface area contributed by atoms with Crippen molar-refractivity contribution in [2.75, 3.05) is 37.5 Å². The molecule has 0 fully saturated rings. The summed E-state index contributed by atoms with van der Waals surface area (Å²) in [6, 6.07) is 13.2. The molecule has 2 rings (SSSR count). The topological polar surface area (TPSA) is 53.6 Å². The molecule has 0 spiro atoms. The maximum atomic E-state index is 11.6. The number of esters is 1. The minimum atomic E-state index is -0.427. The Balaban J connectivity index is 1.87. The molecule has 0 aliphatic carbocycles. The van der Waals surface area contributed by atoms with E-state index in [-0.39, 0.29) is 0 Å². The Morgan fingerprint density at radius 2 is 1.92 bits per heavy atom. The molecule has 0 heterocycles. The van der Waals surface area contributed by atoms with Crippen molar-refractivity contribution in [2.45, 2.75) is 6.92 Å². The minimum absolute atomic E-state index is 0.404. The van der Waals surface area contributed by atoms with Crippen LogP contribution < -0.4 is 15.5 Å². The first-order valence-corrected chi connectivity index (χ1v) is 8.90. The van der Waals surface area contributed by atoms with Gasteiger partial charge in [-0.05, 0) is 49.5 Å². The molecule has 7 heteroatoms. The number of carbonyl (C=O) groups excluding carboxylic acids is 1. The highest BCUT2D eigenvalue weighted by Gasteiger charge is 2.10. The molecular formula is C19H22ClN3O2S. The fourth-order valence-electron chi connectivity index (χ4n) is 2.30. The van der Waals surface area contributed by atoms with Crippen molar-refractivity contribution in [1.29, 1.82) is 0 Å². The molecule has 2 aromatic carbocycles. The van der Waals surface area contributed by atoms with E-state index in [4.69, 9.17) is 28.6 Å². The van der Waals surface area contributed by atoms with E-state index in [9.17, 15) is 4.79 Å². The lowest BCUT2D eigenvalue weighted by Gasteiger charge is -2.20. The monoisotopic (exact) mass is 391 g/mol. The van der Waals surface area contributed by atoms with Crippen molar-refractivity contribution < 1.29 is 9.53 Å². The molecule has 0 radical (unpaired) electrons. The van der Waals surface area contributed by atoms with Gasteiger partial charge in [-0.3, -0.25) is 0 Å². The van der Waals surface area contributed by atoms with E-state index in [0.717, 1.165) is 12.2 Å². The number of likely N-dealkylation sites (N-methyl/N-ethyl adjacent to an activating group) is 1. The lowest BCUT2D eigenvalue weighted by molar-refractivity contribution is 0.0601. The molecule has 138 valence electrons. The second-order valence-electron chi connectivity index (χ2n) is 5.82. The largest absolute Gasteiger partial charge is 0.465 e. The highest BCUT2D eigenvalue weighted by molar-refractivity contribution is 7.80. The average Bonchev–Trinajstić information content (AvgIpc) is 2.63. The molecular weight excluding hydrogens is 370 g/mol. The van der Waals surface area contributed by atoms with Crippen molar-refractivity contribution >= 4 is 46.3 Å². The Kier molecular flexibility index (Phi) is 7.24. The number of hydrogen-bond donors (Lipinski definition) is 2. The number of ether oxygens (including phenoxy) is 1. The van der Waals surface area contributed by atoms with Crippen LogP contribution in [0, 0.1) is 6.92 Å². The molecule has 26 heavy (non-hydrogen) atoms. The predicted molar refractivity (Wildman–Crippen MR) is 111 cm³/mol. The van der Waals surface area contributed by atoms with Gasteiger partial charge in [0.1, 0.15) is 0 Å². The van der Waals surface area contributed by atoms with Crippen LogP contribution in [0.4, 0.5) is 11.4 Å². The van der Waals surface area contributed by atoms with E-state index >= 15 is 0 Å². The number of anilines is 2. The van der Waals surface area contributed by atoms with Gasteiger partial charge in [0.05, 0.1) is 23.4 Å². The fourth-order valence-corrected chi connectivity index (χ4v) is 2.67. The SMILES string of the molecule is COC(=O)c1ccc(Cl)c(NC(=S)NCCN(C)c2ccc(C)cc2)c1. The standard InChI is InChI=1S/C19H22ClN3O2S/c1-13-4-7-15(8-5-13)23(2)11-10-21-19(26)22-17-12-14(18(24)25-3)6-9-16(17)20/h4-9,12H,10-11H2,1-3H3,(H2,21,22,26). The number of benzene rings is 2. The number of aryl methyl sites for hydroxylation is 1. The first kappa shape index (κ1) is 20.0.